The lowest BCUT2D eigenvalue weighted by Gasteiger charge is -2.21. The van der Waals surface area contributed by atoms with Crippen LogP contribution in [0.3, 0.4) is 0 Å². The summed E-state index contributed by atoms with van der Waals surface area (Å²) in [4.78, 5) is 26.6. The predicted octanol–water partition coefficient (Wildman–Crippen LogP) is 3.93. The summed E-state index contributed by atoms with van der Waals surface area (Å²) in [6, 6.07) is 14.5. The monoisotopic (exact) mass is 399 g/mol. The summed E-state index contributed by atoms with van der Waals surface area (Å²) < 4.78 is 16.4. The average molecular weight is 399 g/mol. The Morgan fingerprint density at radius 2 is 1.69 bits per heavy atom. The van der Waals surface area contributed by atoms with Gasteiger partial charge in [0.25, 0.3) is 5.91 Å². The zero-order valence-corrected chi connectivity index (χ0v) is 17.7. The Bertz CT molecular complexity index is 819. The Balaban J connectivity index is 2.00. The van der Waals surface area contributed by atoms with Crippen LogP contribution in [0.2, 0.25) is 0 Å². The molecule has 6 nitrogen and oxygen atoms in total. The second-order valence-electron chi connectivity index (χ2n) is 7.30. The summed E-state index contributed by atoms with van der Waals surface area (Å²) in [5.74, 6) is 0.507. The molecule has 2 aromatic carbocycles. The van der Waals surface area contributed by atoms with E-state index >= 15 is 0 Å². The Morgan fingerprint density at radius 1 is 1.00 bits per heavy atom. The molecule has 0 fully saturated rings. The average Bonchev–Trinajstić information content (AvgIpc) is 2.71. The summed E-state index contributed by atoms with van der Waals surface area (Å²) in [6.07, 6.45) is -0.904. The van der Waals surface area contributed by atoms with Gasteiger partial charge in [-0.2, -0.15) is 0 Å². The smallest absolute Gasteiger partial charge is 0.339 e. The van der Waals surface area contributed by atoms with Crippen LogP contribution in [0.25, 0.3) is 0 Å². The van der Waals surface area contributed by atoms with Crippen LogP contribution >= 0.6 is 0 Å². The summed E-state index contributed by atoms with van der Waals surface area (Å²) in [5.41, 5.74) is 1.30. The first-order chi connectivity index (χ1) is 13.8. The van der Waals surface area contributed by atoms with E-state index in [2.05, 4.69) is 0 Å². The third-order valence-electron chi connectivity index (χ3n) is 4.24. The number of esters is 1. The predicted molar refractivity (Wildman–Crippen MR) is 111 cm³/mol. The van der Waals surface area contributed by atoms with Gasteiger partial charge in [-0.15, -0.1) is 0 Å². The van der Waals surface area contributed by atoms with Crippen molar-refractivity contribution >= 4 is 11.9 Å². The number of methoxy groups -OCH3 is 1. The summed E-state index contributed by atoms with van der Waals surface area (Å²) >= 11 is 0. The van der Waals surface area contributed by atoms with Gasteiger partial charge in [0, 0.05) is 13.6 Å². The van der Waals surface area contributed by atoms with Gasteiger partial charge in [-0.05, 0) is 36.6 Å². The molecule has 0 saturated heterocycles. The van der Waals surface area contributed by atoms with E-state index in [9.17, 15) is 9.59 Å². The molecule has 0 aliphatic heterocycles. The van der Waals surface area contributed by atoms with E-state index in [0.29, 0.717) is 36.1 Å². The number of nitrogens with zero attached hydrogens (tertiary/aromatic N) is 1. The molecule has 0 saturated carbocycles. The van der Waals surface area contributed by atoms with E-state index < -0.39 is 12.1 Å². The van der Waals surface area contributed by atoms with Gasteiger partial charge in [0.1, 0.15) is 0 Å². The molecule has 0 heterocycles. The molecule has 6 heteroatoms. The molecular weight excluding hydrogens is 370 g/mol. The summed E-state index contributed by atoms with van der Waals surface area (Å²) in [7, 11) is 3.20. The minimum atomic E-state index is -0.904. The normalized spacial score (nSPS) is 11.7. The first kappa shape index (κ1) is 22.3. The largest absolute Gasteiger partial charge is 0.493 e. The van der Waals surface area contributed by atoms with Crippen molar-refractivity contribution in [3.8, 4) is 11.5 Å². The van der Waals surface area contributed by atoms with Crippen molar-refractivity contribution in [2.45, 2.75) is 33.4 Å². The van der Waals surface area contributed by atoms with Crippen LogP contribution in [0.15, 0.2) is 48.5 Å². The number of hydrogen-bond donors (Lipinski definition) is 0. The Labute approximate surface area is 172 Å². The molecule has 1 atom stereocenters. The van der Waals surface area contributed by atoms with Crippen LogP contribution in [0.4, 0.5) is 0 Å². The molecule has 0 N–H and O–H groups in total. The Kier molecular flexibility index (Phi) is 8.07. The van der Waals surface area contributed by atoms with Crippen molar-refractivity contribution in [3.05, 3.63) is 59.7 Å². The lowest BCUT2D eigenvalue weighted by atomic mass is 10.2. The van der Waals surface area contributed by atoms with Crippen LogP contribution in [0.5, 0.6) is 11.5 Å². The van der Waals surface area contributed by atoms with Crippen molar-refractivity contribution in [3.63, 3.8) is 0 Å². The van der Waals surface area contributed by atoms with Crippen molar-refractivity contribution in [1.82, 2.24) is 4.90 Å². The van der Waals surface area contributed by atoms with Gasteiger partial charge in [0.2, 0.25) is 0 Å². The van der Waals surface area contributed by atoms with Crippen LogP contribution in [-0.4, -0.2) is 43.6 Å². The third-order valence-corrected chi connectivity index (χ3v) is 4.24. The topological polar surface area (TPSA) is 65.1 Å². The van der Waals surface area contributed by atoms with E-state index in [1.165, 1.54) is 12.0 Å². The van der Waals surface area contributed by atoms with Gasteiger partial charge in [0.15, 0.2) is 17.6 Å². The number of carbonyl (C=O) groups excluding carboxylic acids is 2. The number of hydrogen-bond acceptors (Lipinski definition) is 5. The molecule has 2 aromatic rings. The van der Waals surface area contributed by atoms with E-state index in [4.69, 9.17) is 14.2 Å². The highest BCUT2D eigenvalue weighted by molar-refractivity contribution is 5.92. The fourth-order valence-electron chi connectivity index (χ4n) is 2.69. The van der Waals surface area contributed by atoms with Gasteiger partial charge in [0.05, 0.1) is 19.3 Å². The third kappa shape index (κ3) is 6.52. The standard InChI is InChI=1S/C23H29NO5/c1-16(2)15-28-20-12-11-19(13-21(20)27-5)23(26)29-17(3)22(25)24(4)14-18-9-7-6-8-10-18/h6-13,16-17H,14-15H2,1-5H3/t17-/m0/s1. The maximum atomic E-state index is 12.5. The first-order valence-corrected chi connectivity index (χ1v) is 9.62. The molecule has 0 spiro atoms. The molecular formula is C23H29NO5. The molecule has 0 aliphatic carbocycles. The molecule has 0 aromatic heterocycles. The number of ether oxygens (including phenoxy) is 3. The molecule has 0 aliphatic rings. The fourth-order valence-corrected chi connectivity index (χ4v) is 2.69. The lowest BCUT2D eigenvalue weighted by Crippen LogP contribution is -2.37. The van der Waals surface area contributed by atoms with Crippen LogP contribution in [0.1, 0.15) is 36.7 Å². The second kappa shape index (κ2) is 10.5. The lowest BCUT2D eigenvalue weighted by molar-refractivity contribution is -0.139. The summed E-state index contributed by atoms with van der Waals surface area (Å²) in [6.45, 7) is 6.65. The quantitative estimate of drug-likeness (QED) is 0.598. The SMILES string of the molecule is COc1cc(C(=O)O[C@@H](C)C(=O)N(C)Cc2ccccc2)ccc1OCC(C)C. The number of likely N-dealkylation sites (N-methyl/N-ethyl adjacent to an activating group) is 1. The van der Waals surface area contributed by atoms with E-state index in [1.807, 2.05) is 44.2 Å². The van der Waals surface area contributed by atoms with E-state index in [-0.39, 0.29) is 5.91 Å². The highest BCUT2D eigenvalue weighted by Gasteiger charge is 2.23. The maximum absolute atomic E-state index is 12.5. The molecule has 0 unspecified atom stereocenters. The maximum Gasteiger partial charge on any atom is 0.339 e. The van der Waals surface area contributed by atoms with Gasteiger partial charge < -0.3 is 19.1 Å². The molecule has 0 radical (unpaired) electrons. The van der Waals surface area contributed by atoms with E-state index in [0.717, 1.165) is 5.56 Å². The van der Waals surface area contributed by atoms with Crippen molar-refractivity contribution in [2.75, 3.05) is 20.8 Å². The summed E-state index contributed by atoms with van der Waals surface area (Å²) in [5, 5.41) is 0. The number of rotatable bonds is 9. The van der Waals surface area contributed by atoms with Crippen molar-refractivity contribution < 1.29 is 23.8 Å². The number of carbonyl (C=O) groups is 2. The van der Waals surface area contributed by atoms with Gasteiger partial charge in [-0.1, -0.05) is 44.2 Å². The Hall–Kier alpha value is -3.02. The van der Waals surface area contributed by atoms with Crippen LogP contribution in [-0.2, 0) is 16.1 Å². The molecule has 1 amide bonds. The van der Waals surface area contributed by atoms with Gasteiger partial charge >= 0.3 is 5.97 Å². The molecule has 0 bridgehead atoms. The van der Waals surface area contributed by atoms with Gasteiger partial charge in [-0.25, -0.2) is 4.79 Å². The minimum Gasteiger partial charge on any atom is -0.493 e. The van der Waals surface area contributed by atoms with Crippen LogP contribution in [0, 0.1) is 5.92 Å². The number of benzene rings is 2. The van der Waals surface area contributed by atoms with Gasteiger partial charge in [-0.3, -0.25) is 4.79 Å². The van der Waals surface area contributed by atoms with Crippen LogP contribution < -0.4 is 9.47 Å². The van der Waals surface area contributed by atoms with Crippen molar-refractivity contribution in [2.24, 2.45) is 5.92 Å². The second-order valence-corrected chi connectivity index (χ2v) is 7.30. The Morgan fingerprint density at radius 3 is 2.31 bits per heavy atom. The minimum absolute atomic E-state index is 0.272. The van der Waals surface area contributed by atoms with E-state index in [1.54, 1.807) is 32.2 Å². The highest BCUT2D eigenvalue weighted by atomic mass is 16.5. The highest BCUT2D eigenvalue weighted by Crippen LogP contribution is 2.29. The zero-order chi connectivity index (χ0) is 21.4. The fraction of sp³-hybridized carbons (Fsp3) is 0.391. The first-order valence-electron chi connectivity index (χ1n) is 9.62. The molecule has 2 rings (SSSR count). The molecule has 29 heavy (non-hydrogen) atoms. The zero-order valence-electron chi connectivity index (χ0n) is 17.7. The molecule has 156 valence electrons. The number of amides is 1. The van der Waals surface area contributed by atoms with Crippen molar-refractivity contribution in [1.29, 1.82) is 0 Å².